The van der Waals surface area contributed by atoms with Gasteiger partial charge in [0.2, 0.25) is 0 Å². The predicted molar refractivity (Wildman–Crippen MR) is 130 cm³/mol. The Balaban J connectivity index is 2.02. The van der Waals surface area contributed by atoms with Gasteiger partial charge in [-0.15, -0.1) is 0 Å². The minimum absolute atomic E-state index is 0.299. The van der Waals surface area contributed by atoms with Crippen LogP contribution in [0.4, 0.5) is 11.4 Å². The Morgan fingerprint density at radius 3 is 1.59 bits per heavy atom. The van der Waals surface area contributed by atoms with Crippen LogP contribution in [0.3, 0.4) is 0 Å². The van der Waals surface area contributed by atoms with E-state index in [1.807, 2.05) is 0 Å². The van der Waals surface area contributed by atoms with Crippen molar-refractivity contribution in [2.24, 2.45) is 16.7 Å². The SMILES string of the molecule is CC(C)(C)CCCCCCC(CN(c1ccccc1)c1ccccc1)C(C)(C)C. The van der Waals surface area contributed by atoms with Crippen molar-refractivity contribution in [3.8, 4) is 0 Å². The third-order valence-corrected chi connectivity index (χ3v) is 5.99. The summed E-state index contributed by atoms with van der Waals surface area (Å²) in [4.78, 5) is 2.51. The van der Waals surface area contributed by atoms with E-state index in [9.17, 15) is 0 Å². The maximum absolute atomic E-state index is 2.51. The van der Waals surface area contributed by atoms with Crippen LogP contribution in [0.2, 0.25) is 0 Å². The highest BCUT2D eigenvalue weighted by Crippen LogP contribution is 2.35. The van der Waals surface area contributed by atoms with E-state index in [1.54, 1.807) is 0 Å². The van der Waals surface area contributed by atoms with E-state index in [4.69, 9.17) is 0 Å². The Morgan fingerprint density at radius 1 is 0.655 bits per heavy atom. The van der Waals surface area contributed by atoms with Crippen molar-refractivity contribution in [2.75, 3.05) is 11.4 Å². The third-order valence-electron chi connectivity index (χ3n) is 5.99. The van der Waals surface area contributed by atoms with E-state index in [-0.39, 0.29) is 0 Å². The van der Waals surface area contributed by atoms with Crippen LogP contribution in [0.5, 0.6) is 0 Å². The van der Waals surface area contributed by atoms with Gasteiger partial charge in [-0.25, -0.2) is 0 Å². The summed E-state index contributed by atoms with van der Waals surface area (Å²) in [5.74, 6) is 0.658. The smallest absolute Gasteiger partial charge is 0.0410 e. The van der Waals surface area contributed by atoms with Crippen molar-refractivity contribution in [2.45, 2.75) is 80.1 Å². The molecule has 0 aliphatic carbocycles. The topological polar surface area (TPSA) is 3.24 Å². The van der Waals surface area contributed by atoms with Crippen molar-refractivity contribution in [3.63, 3.8) is 0 Å². The van der Waals surface area contributed by atoms with Crippen LogP contribution in [0.25, 0.3) is 0 Å². The molecular formula is C28H43N. The molecule has 0 heterocycles. The summed E-state index contributed by atoms with van der Waals surface area (Å²) in [6.07, 6.45) is 8.07. The first-order valence-electron chi connectivity index (χ1n) is 11.5. The van der Waals surface area contributed by atoms with Gasteiger partial charge >= 0.3 is 0 Å². The molecule has 160 valence electrons. The molecule has 0 fully saturated rings. The first-order valence-corrected chi connectivity index (χ1v) is 11.5. The van der Waals surface area contributed by atoms with Crippen molar-refractivity contribution in [1.82, 2.24) is 0 Å². The number of para-hydroxylation sites is 2. The third kappa shape index (κ3) is 8.64. The van der Waals surface area contributed by atoms with E-state index >= 15 is 0 Å². The van der Waals surface area contributed by atoms with Crippen LogP contribution in [0.15, 0.2) is 60.7 Å². The van der Waals surface area contributed by atoms with Crippen molar-refractivity contribution >= 4 is 11.4 Å². The molecule has 0 saturated heterocycles. The number of benzene rings is 2. The zero-order valence-corrected chi connectivity index (χ0v) is 19.7. The molecule has 2 aromatic rings. The van der Waals surface area contributed by atoms with Crippen LogP contribution < -0.4 is 4.90 Å². The second-order valence-electron chi connectivity index (χ2n) is 10.9. The van der Waals surface area contributed by atoms with Gasteiger partial charge in [-0.2, -0.15) is 0 Å². The van der Waals surface area contributed by atoms with E-state index in [0.29, 0.717) is 16.7 Å². The summed E-state index contributed by atoms with van der Waals surface area (Å²) in [5.41, 5.74) is 3.35. The molecule has 1 nitrogen and oxygen atoms in total. The fourth-order valence-corrected chi connectivity index (χ4v) is 3.99. The summed E-state index contributed by atoms with van der Waals surface area (Å²) < 4.78 is 0. The second kappa shape index (κ2) is 10.9. The largest absolute Gasteiger partial charge is 0.341 e. The predicted octanol–water partition coefficient (Wildman–Crippen LogP) is 8.87. The first-order chi connectivity index (χ1) is 13.7. The van der Waals surface area contributed by atoms with Crippen LogP contribution in [0, 0.1) is 16.7 Å². The molecule has 0 amide bonds. The fourth-order valence-electron chi connectivity index (χ4n) is 3.99. The molecule has 1 atom stereocenters. The number of unbranched alkanes of at least 4 members (excludes halogenated alkanes) is 3. The average molecular weight is 394 g/mol. The lowest BCUT2D eigenvalue weighted by Gasteiger charge is -2.37. The minimum Gasteiger partial charge on any atom is -0.341 e. The maximum Gasteiger partial charge on any atom is 0.0410 e. The Morgan fingerprint density at radius 2 is 1.14 bits per heavy atom. The van der Waals surface area contributed by atoms with Crippen LogP contribution in [-0.4, -0.2) is 6.54 Å². The van der Waals surface area contributed by atoms with Crippen LogP contribution in [-0.2, 0) is 0 Å². The van der Waals surface area contributed by atoms with Gasteiger partial charge in [-0.05, 0) is 53.9 Å². The standard InChI is InChI=1S/C28H43N/c1-27(2,3)22-16-8-7-11-17-24(28(4,5)6)23-29(25-18-12-9-13-19-25)26-20-14-10-15-21-26/h9-10,12-15,18-21,24H,7-8,11,16-17,22-23H2,1-6H3. The summed E-state index contributed by atoms with van der Waals surface area (Å²) in [7, 11) is 0. The fraction of sp³-hybridized carbons (Fsp3) is 0.571. The minimum atomic E-state index is 0.299. The highest BCUT2D eigenvalue weighted by Gasteiger charge is 2.27. The summed E-state index contributed by atoms with van der Waals surface area (Å²) in [6.45, 7) is 15.3. The average Bonchev–Trinajstić information content (AvgIpc) is 2.66. The van der Waals surface area contributed by atoms with Gasteiger partial charge in [0.05, 0.1) is 0 Å². The van der Waals surface area contributed by atoms with Crippen LogP contribution >= 0.6 is 0 Å². The lowest BCUT2D eigenvalue weighted by atomic mass is 9.77. The molecule has 1 unspecified atom stereocenters. The van der Waals surface area contributed by atoms with Gasteiger partial charge in [0.15, 0.2) is 0 Å². The van der Waals surface area contributed by atoms with Gasteiger partial charge in [-0.3, -0.25) is 0 Å². The molecule has 0 radical (unpaired) electrons. The normalized spacial score (nSPS) is 13.3. The molecule has 0 aromatic heterocycles. The molecule has 2 aromatic carbocycles. The lowest BCUT2D eigenvalue weighted by Crippen LogP contribution is -2.33. The lowest BCUT2D eigenvalue weighted by molar-refractivity contribution is 0.226. The van der Waals surface area contributed by atoms with Gasteiger partial charge in [0.1, 0.15) is 0 Å². The zero-order valence-electron chi connectivity index (χ0n) is 19.7. The number of hydrogen-bond acceptors (Lipinski definition) is 1. The molecule has 1 heteroatoms. The van der Waals surface area contributed by atoms with Crippen molar-refractivity contribution < 1.29 is 0 Å². The van der Waals surface area contributed by atoms with Gasteiger partial charge in [0.25, 0.3) is 0 Å². The monoisotopic (exact) mass is 393 g/mol. The Hall–Kier alpha value is -1.76. The number of hydrogen-bond donors (Lipinski definition) is 0. The summed E-state index contributed by atoms with van der Waals surface area (Å²) >= 11 is 0. The first kappa shape index (κ1) is 23.5. The second-order valence-corrected chi connectivity index (χ2v) is 10.9. The maximum atomic E-state index is 2.51. The Kier molecular flexibility index (Phi) is 8.80. The quantitative estimate of drug-likeness (QED) is 0.364. The van der Waals surface area contributed by atoms with Crippen molar-refractivity contribution in [3.05, 3.63) is 60.7 Å². The summed E-state index contributed by atoms with van der Waals surface area (Å²) in [5, 5.41) is 0. The van der Waals surface area contributed by atoms with Crippen molar-refractivity contribution in [1.29, 1.82) is 0 Å². The molecule has 0 aliphatic rings. The zero-order chi connectivity index (χ0) is 21.3. The number of nitrogens with zero attached hydrogens (tertiary/aromatic N) is 1. The molecule has 0 aliphatic heterocycles. The Labute approximate surface area is 180 Å². The Bertz CT molecular complexity index is 636. The summed E-state index contributed by atoms with van der Waals surface area (Å²) in [6, 6.07) is 21.7. The highest BCUT2D eigenvalue weighted by molar-refractivity contribution is 5.62. The molecule has 29 heavy (non-hydrogen) atoms. The highest BCUT2D eigenvalue weighted by atomic mass is 15.1. The van der Waals surface area contributed by atoms with E-state index in [2.05, 4.69) is 107 Å². The van der Waals surface area contributed by atoms with Gasteiger partial charge < -0.3 is 4.90 Å². The van der Waals surface area contributed by atoms with E-state index in [1.165, 1.54) is 49.9 Å². The van der Waals surface area contributed by atoms with E-state index in [0.717, 1.165) is 6.54 Å². The van der Waals surface area contributed by atoms with E-state index < -0.39 is 0 Å². The molecule has 0 bridgehead atoms. The van der Waals surface area contributed by atoms with Crippen LogP contribution in [0.1, 0.15) is 80.1 Å². The van der Waals surface area contributed by atoms with Gasteiger partial charge in [-0.1, -0.05) is 104 Å². The molecule has 0 N–H and O–H groups in total. The van der Waals surface area contributed by atoms with Gasteiger partial charge in [0, 0.05) is 17.9 Å². The number of anilines is 2. The molecule has 2 rings (SSSR count). The molecule has 0 saturated carbocycles. The molecule has 0 spiro atoms. The molecular weight excluding hydrogens is 350 g/mol. The number of rotatable bonds is 10.